The van der Waals surface area contributed by atoms with Gasteiger partial charge in [0.15, 0.2) is 16.5 Å². The average Bonchev–Trinajstić information content (AvgIpc) is 3.31. The predicted molar refractivity (Wildman–Crippen MR) is 146 cm³/mol. The fourth-order valence-electron chi connectivity index (χ4n) is 4.48. The van der Waals surface area contributed by atoms with Crippen molar-refractivity contribution in [2.75, 3.05) is 0 Å². The minimum Gasteiger partial charge on any atom is -0.503 e. The zero-order valence-corrected chi connectivity index (χ0v) is 23.4. The molecule has 8 heteroatoms. The highest BCUT2D eigenvalue weighted by molar-refractivity contribution is 7.14. The first kappa shape index (κ1) is 27.6. The van der Waals surface area contributed by atoms with E-state index in [2.05, 4.69) is 55.2 Å². The molecular formula is C28H38N4O3S. The fourth-order valence-corrected chi connectivity index (χ4v) is 5.36. The van der Waals surface area contributed by atoms with E-state index in [1.165, 1.54) is 16.9 Å². The Morgan fingerprint density at radius 1 is 1.14 bits per heavy atom. The quantitative estimate of drug-likeness (QED) is 0.462. The molecule has 1 aliphatic rings. The zero-order valence-electron chi connectivity index (χ0n) is 22.6. The Morgan fingerprint density at radius 2 is 1.78 bits per heavy atom. The lowest BCUT2D eigenvalue weighted by Gasteiger charge is -2.47. The first-order valence-electron chi connectivity index (χ1n) is 12.7. The lowest BCUT2D eigenvalue weighted by molar-refractivity contribution is 0.0209. The van der Waals surface area contributed by atoms with E-state index >= 15 is 0 Å². The Bertz CT molecular complexity index is 1270. The molecular weight excluding hydrogens is 472 g/mol. The second-order valence-corrected chi connectivity index (χ2v) is 11.1. The van der Waals surface area contributed by atoms with E-state index in [0.29, 0.717) is 18.0 Å². The van der Waals surface area contributed by atoms with Crippen molar-refractivity contribution < 1.29 is 9.90 Å². The molecule has 7 nitrogen and oxygen atoms in total. The molecule has 1 unspecified atom stereocenters. The summed E-state index contributed by atoms with van der Waals surface area (Å²) in [6, 6.07) is 8.08. The zero-order chi connectivity index (χ0) is 26.8. The van der Waals surface area contributed by atoms with Crippen LogP contribution in [0.2, 0.25) is 0 Å². The Labute approximate surface area is 217 Å². The van der Waals surface area contributed by atoms with Crippen molar-refractivity contribution in [3.8, 4) is 16.3 Å². The summed E-state index contributed by atoms with van der Waals surface area (Å²) in [7, 11) is 0. The van der Waals surface area contributed by atoms with Gasteiger partial charge in [0.2, 0.25) is 5.43 Å². The van der Waals surface area contributed by atoms with Gasteiger partial charge < -0.3 is 14.6 Å². The maximum Gasteiger partial charge on any atom is 0.275 e. The summed E-state index contributed by atoms with van der Waals surface area (Å²) in [5.74, 6) is -0.831. The summed E-state index contributed by atoms with van der Waals surface area (Å²) < 4.78 is 1.73. The number of pyridine rings is 1. The molecule has 4 rings (SSSR count). The van der Waals surface area contributed by atoms with Crippen molar-refractivity contribution in [1.29, 1.82) is 0 Å². The number of amides is 1. The third kappa shape index (κ3) is 5.24. The van der Waals surface area contributed by atoms with Gasteiger partial charge in [0.05, 0.1) is 11.6 Å². The maximum atomic E-state index is 13.5. The number of carbonyl (C=O) groups is 1. The molecule has 1 aromatic carbocycles. The summed E-state index contributed by atoms with van der Waals surface area (Å²) in [6.07, 6.45) is 3.17. The second-order valence-electron chi connectivity index (χ2n) is 10.0. The van der Waals surface area contributed by atoms with Crippen LogP contribution in [0.25, 0.3) is 10.6 Å². The number of benzene rings is 1. The van der Waals surface area contributed by atoms with Crippen molar-refractivity contribution in [2.45, 2.75) is 86.9 Å². The van der Waals surface area contributed by atoms with Gasteiger partial charge in [0.25, 0.3) is 5.91 Å². The van der Waals surface area contributed by atoms with Gasteiger partial charge in [-0.05, 0) is 38.2 Å². The van der Waals surface area contributed by atoms with Gasteiger partial charge in [0, 0.05) is 25.2 Å². The Hall–Kier alpha value is -3.00. The highest BCUT2D eigenvalue weighted by Crippen LogP contribution is 2.37. The number of aromatic nitrogens is 3. The molecule has 0 saturated carbocycles. The number of aromatic hydroxyl groups is 1. The van der Waals surface area contributed by atoms with Crippen LogP contribution in [0.1, 0.15) is 81.5 Å². The number of nitrogens with zero attached hydrogens (tertiary/aromatic N) is 4. The Balaban J connectivity index is 0.00000176. The number of rotatable bonds is 6. The number of aryl methyl sites for hydroxylation is 1. The van der Waals surface area contributed by atoms with Gasteiger partial charge in [0.1, 0.15) is 5.01 Å². The van der Waals surface area contributed by atoms with E-state index in [0.717, 1.165) is 17.0 Å². The Morgan fingerprint density at radius 3 is 2.36 bits per heavy atom. The van der Waals surface area contributed by atoms with Crippen LogP contribution >= 0.6 is 11.3 Å². The molecule has 0 fully saturated rings. The molecule has 2 aromatic heterocycles. The summed E-state index contributed by atoms with van der Waals surface area (Å²) >= 11 is 1.33. The SMILES string of the molecule is CC.CCC(C)(C)C1Cn2cc(-c3nnc(Cc4ccc(C)cc4)s3)c(=O)c(O)c2C(=O)N1C(C)C. The van der Waals surface area contributed by atoms with Gasteiger partial charge in [-0.1, -0.05) is 75.8 Å². The lowest BCUT2D eigenvalue weighted by Crippen LogP contribution is -2.57. The average molecular weight is 511 g/mol. The fraction of sp³-hybridized carbons (Fsp3) is 0.500. The molecule has 3 heterocycles. The van der Waals surface area contributed by atoms with Crippen molar-refractivity contribution >= 4 is 17.2 Å². The number of hydrogen-bond acceptors (Lipinski definition) is 6. The molecule has 1 aliphatic heterocycles. The molecule has 1 atom stereocenters. The highest BCUT2D eigenvalue weighted by Gasteiger charge is 2.43. The summed E-state index contributed by atoms with van der Waals surface area (Å²) in [5.41, 5.74) is 1.90. The lowest BCUT2D eigenvalue weighted by atomic mass is 9.79. The third-order valence-corrected chi connectivity index (χ3v) is 7.90. The van der Waals surface area contributed by atoms with Gasteiger partial charge in [-0.25, -0.2) is 0 Å². The van der Waals surface area contributed by atoms with Crippen LogP contribution in [-0.2, 0) is 13.0 Å². The van der Waals surface area contributed by atoms with E-state index in [1.54, 1.807) is 10.8 Å². The van der Waals surface area contributed by atoms with Crippen molar-refractivity contribution in [2.24, 2.45) is 5.41 Å². The molecule has 1 amide bonds. The minimum absolute atomic E-state index is 0.0509. The van der Waals surface area contributed by atoms with Crippen LogP contribution in [0.3, 0.4) is 0 Å². The van der Waals surface area contributed by atoms with Gasteiger partial charge in [-0.2, -0.15) is 0 Å². The van der Waals surface area contributed by atoms with Gasteiger partial charge >= 0.3 is 0 Å². The predicted octanol–water partition coefficient (Wildman–Crippen LogP) is 5.67. The maximum absolute atomic E-state index is 13.5. The standard InChI is InChI=1S/C26H32N4O3S.C2H6/c1-7-26(5,6)19-14-29-13-18(22(31)23(32)21(29)25(33)30(19)15(2)3)24-28-27-20(34-24)12-17-10-8-16(4)9-11-17;1-2/h8-11,13,15,19,32H,7,12,14H2,1-6H3;1-2H3. The number of hydrogen-bond donors (Lipinski definition) is 1. The normalized spacial score (nSPS) is 15.5. The van der Waals surface area contributed by atoms with Gasteiger partial charge in [-0.3, -0.25) is 9.59 Å². The first-order chi connectivity index (χ1) is 17.0. The second kappa shape index (κ2) is 10.9. The van der Waals surface area contributed by atoms with Crippen LogP contribution < -0.4 is 5.43 Å². The number of fused-ring (bicyclic) bond motifs is 1. The third-order valence-electron chi connectivity index (χ3n) is 6.94. The van der Waals surface area contributed by atoms with E-state index in [-0.39, 0.29) is 34.7 Å². The number of carbonyl (C=O) groups excluding carboxylic acids is 1. The van der Waals surface area contributed by atoms with Crippen molar-refractivity contribution in [1.82, 2.24) is 19.7 Å². The monoisotopic (exact) mass is 510 g/mol. The summed E-state index contributed by atoms with van der Waals surface area (Å²) in [5, 5.41) is 20.6. The van der Waals surface area contributed by atoms with Crippen LogP contribution in [0.5, 0.6) is 5.75 Å². The molecule has 194 valence electrons. The van der Waals surface area contributed by atoms with E-state index in [4.69, 9.17) is 0 Å². The molecule has 0 saturated heterocycles. The first-order valence-corrected chi connectivity index (χ1v) is 13.5. The topological polar surface area (TPSA) is 88.3 Å². The van der Waals surface area contributed by atoms with Crippen molar-refractivity contribution in [3.05, 3.63) is 62.5 Å². The molecule has 0 aliphatic carbocycles. The summed E-state index contributed by atoms with van der Waals surface area (Å²) in [6.45, 7) is 16.9. The molecule has 0 radical (unpaired) electrons. The largest absolute Gasteiger partial charge is 0.503 e. The van der Waals surface area contributed by atoms with E-state index < -0.39 is 11.2 Å². The molecule has 0 bridgehead atoms. The van der Waals surface area contributed by atoms with Gasteiger partial charge in [-0.15, -0.1) is 10.2 Å². The minimum atomic E-state index is -0.588. The van der Waals surface area contributed by atoms with Crippen molar-refractivity contribution in [3.63, 3.8) is 0 Å². The van der Waals surface area contributed by atoms with Crippen LogP contribution in [0, 0.1) is 12.3 Å². The molecule has 36 heavy (non-hydrogen) atoms. The molecule has 3 aromatic rings. The van der Waals surface area contributed by atoms with Crippen LogP contribution in [-0.4, -0.2) is 42.8 Å². The summed E-state index contributed by atoms with van der Waals surface area (Å²) in [4.78, 5) is 28.4. The van der Waals surface area contributed by atoms with Crippen LogP contribution in [0.4, 0.5) is 0 Å². The van der Waals surface area contributed by atoms with Crippen LogP contribution in [0.15, 0.2) is 35.3 Å². The van der Waals surface area contributed by atoms with E-state index in [9.17, 15) is 14.7 Å². The molecule has 1 N–H and O–H groups in total. The smallest absolute Gasteiger partial charge is 0.275 e. The Kier molecular flexibility index (Phi) is 8.39. The molecule has 0 spiro atoms. The highest BCUT2D eigenvalue weighted by atomic mass is 32.1. The van der Waals surface area contributed by atoms with E-state index in [1.807, 2.05) is 39.5 Å².